The third-order valence-corrected chi connectivity index (χ3v) is 7.54. The van der Waals surface area contributed by atoms with Crippen molar-refractivity contribution >= 4 is 46.4 Å². The van der Waals surface area contributed by atoms with Crippen molar-refractivity contribution in [1.29, 1.82) is 0 Å². The van der Waals surface area contributed by atoms with E-state index in [4.69, 9.17) is 19.5 Å². The van der Waals surface area contributed by atoms with Crippen molar-refractivity contribution in [2.24, 2.45) is 10.5 Å². The summed E-state index contributed by atoms with van der Waals surface area (Å²) in [6.45, 7) is 3.06. The van der Waals surface area contributed by atoms with Crippen LogP contribution in [-0.4, -0.2) is 72.8 Å². The number of imide groups is 2. The first kappa shape index (κ1) is 23.9. The van der Waals surface area contributed by atoms with Gasteiger partial charge >= 0.3 is 12.1 Å². The highest BCUT2D eigenvalue weighted by Gasteiger charge is 2.64. The fourth-order valence-corrected chi connectivity index (χ4v) is 5.95. The molecule has 5 amide bonds. The molecule has 2 aromatic rings. The van der Waals surface area contributed by atoms with Crippen LogP contribution in [0, 0.1) is 5.41 Å². The molecule has 1 aromatic carbocycles. The maximum absolute atomic E-state index is 15.8. The summed E-state index contributed by atoms with van der Waals surface area (Å²) in [5.74, 6) is -1.66. The number of azide groups is 1. The number of fused-ring (bicyclic) bond motifs is 5. The molecule has 38 heavy (non-hydrogen) atoms. The molecule has 0 radical (unpaired) electrons. The predicted octanol–water partition coefficient (Wildman–Crippen LogP) is 1.65. The summed E-state index contributed by atoms with van der Waals surface area (Å²) < 4.78 is 32.2. The van der Waals surface area contributed by atoms with Crippen LogP contribution < -0.4 is 20.4 Å². The van der Waals surface area contributed by atoms with Crippen molar-refractivity contribution < 1.29 is 37.6 Å². The average Bonchev–Trinajstić information content (AvgIpc) is 3.44. The maximum atomic E-state index is 15.8. The van der Waals surface area contributed by atoms with E-state index < -0.39 is 59.9 Å². The molecule has 4 aliphatic heterocycles. The standard InChI is InChI=1S/C22H21FN8O7/c1-8-15-22(18(32)26-20(34)27-19(22)33)5-10-3-12-14(4-13(10)31(15)16(23)9(2)37-8)38-28-17(12)30-11(6-25-29-24)7-36-21(30)35/h3-4,8-9,11,15-16H,5-7H2,1-2H3,(H2,26,27,32,33,34)/t8-,9+,11+,15+,16?/m0/s1. The largest absolute Gasteiger partial charge is 0.447 e. The smallest absolute Gasteiger partial charge is 0.416 e. The lowest BCUT2D eigenvalue weighted by atomic mass is 9.66. The molecule has 5 heterocycles. The number of halogens is 1. The van der Waals surface area contributed by atoms with Crippen molar-refractivity contribution in [3.8, 4) is 0 Å². The van der Waals surface area contributed by atoms with Gasteiger partial charge in [-0.15, -0.1) is 0 Å². The summed E-state index contributed by atoms with van der Waals surface area (Å²) in [6.07, 6.45) is -4.33. The third-order valence-electron chi connectivity index (χ3n) is 7.54. The summed E-state index contributed by atoms with van der Waals surface area (Å²) in [6, 6.07) is 0.407. The number of nitrogens with zero attached hydrogens (tertiary/aromatic N) is 6. The van der Waals surface area contributed by atoms with E-state index in [0.29, 0.717) is 16.6 Å². The van der Waals surface area contributed by atoms with Crippen LogP contribution in [0.5, 0.6) is 0 Å². The topological polar surface area (TPSA) is 192 Å². The highest BCUT2D eigenvalue weighted by molar-refractivity contribution is 6.20. The number of nitrogens with one attached hydrogen (secondary N) is 2. The Kier molecular flexibility index (Phi) is 5.22. The highest BCUT2D eigenvalue weighted by Crippen LogP contribution is 2.50. The molecule has 6 rings (SSSR count). The molecule has 3 saturated heterocycles. The van der Waals surface area contributed by atoms with Crippen molar-refractivity contribution in [3.05, 3.63) is 28.1 Å². The number of urea groups is 1. The van der Waals surface area contributed by atoms with Gasteiger partial charge in [0.25, 0.3) is 0 Å². The van der Waals surface area contributed by atoms with E-state index in [1.54, 1.807) is 13.0 Å². The van der Waals surface area contributed by atoms with E-state index >= 15 is 4.39 Å². The molecule has 1 spiro atoms. The van der Waals surface area contributed by atoms with E-state index in [0.717, 1.165) is 0 Å². The Labute approximate surface area is 212 Å². The van der Waals surface area contributed by atoms with E-state index in [1.807, 2.05) is 0 Å². The number of hydrogen-bond acceptors (Lipinski definition) is 10. The number of hydrogen-bond donors (Lipinski definition) is 2. The molecule has 0 bridgehead atoms. The number of amides is 5. The van der Waals surface area contributed by atoms with Crippen molar-refractivity contribution in [3.63, 3.8) is 0 Å². The number of carbonyl (C=O) groups excluding carboxylic acids is 4. The highest BCUT2D eigenvalue weighted by atomic mass is 19.1. The van der Waals surface area contributed by atoms with Crippen LogP contribution in [0.3, 0.4) is 0 Å². The predicted molar refractivity (Wildman–Crippen MR) is 125 cm³/mol. The van der Waals surface area contributed by atoms with Gasteiger partial charge in [-0.2, -0.15) is 0 Å². The monoisotopic (exact) mass is 528 g/mol. The summed E-state index contributed by atoms with van der Waals surface area (Å²) in [7, 11) is 0. The molecule has 15 nitrogen and oxygen atoms in total. The van der Waals surface area contributed by atoms with E-state index in [9.17, 15) is 19.2 Å². The molecule has 0 aliphatic carbocycles. The Bertz CT molecular complexity index is 1430. The van der Waals surface area contributed by atoms with E-state index in [-0.39, 0.29) is 31.0 Å². The van der Waals surface area contributed by atoms with Gasteiger partial charge < -0.3 is 18.9 Å². The zero-order valence-electron chi connectivity index (χ0n) is 20.1. The van der Waals surface area contributed by atoms with Crippen LogP contribution in [0.1, 0.15) is 19.4 Å². The first-order valence-electron chi connectivity index (χ1n) is 11.8. The number of anilines is 2. The number of aromatic nitrogens is 1. The third kappa shape index (κ3) is 3.16. The zero-order chi connectivity index (χ0) is 26.9. The second-order valence-corrected chi connectivity index (χ2v) is 9.65. The number of ether oxygens (including phenoxy) is 2. The summed E-state index contributed by atoms with van der Waals surface area (Å²) in [5, 5.41) is 12.2. The lowest BCUT2D eigenvalue weighted by Gasteiger charge is -2.56. The van der Waals surface area contributed by atoms with E-state index in [1.165, 1.54) is 22.8 Å². The Balaban J connectivity index is 1.53. The van der Waals surface area contributed by atoms with Gasteiger partial charge in [-0.3, -0.25) is 25.1 Å². The van der Waals surface area contributed by atoms with Crippen LogP contribution in [0.2, 0.25) is 0 Å². The van der Waals surface area contributed by atoms with Gasteiger partial charge in [0, 0.05) is 16.7 Å². The van der Waals surface area contributed by atoms with Crippen LogP contribution in [0.15, 0.2) is 21.8 Å². The number of benzene rings is 1. The minimum atomic E-state index is -1.90. The quantitative estimate of drug-likeness (QED) is 0.196. The molecule has 5 atom stereocenters. The second kappa shape index (κ2) is 8.29. The summed E-state index contributed by atoms with van der Waals surface area (Å²) in [5.41, 5.74) is 7.76. The van der Waals surface area contributed by atoms with Gasteiger partial charge in [-0.05, 0) is 37.4 Å². The first-order chi connectivity index (χ1) is 18.2. The normalized spacial score (nSPS) is 29.9. The summed E-state index contributed by atoms with van der Waals surface area (Å²) in [4.78, 5) is 56.3. The van der Waals surface area contributed by atoms with Gasteiger partial charge in [-0.1, -0.05) is 10.3 Å². The minimum absolute atomic E-state index is 0.0383. The SMILES string of the molecule is C[C@@H]1O[C@H](C)C(F)N2c3cc4onc(N5C(=O)OC[C@H]5CN=[N+]=[N-])c4cc3CC3(C(=O)NC(=O)NC3=O)[C@@H]12. The second-order valence-electron chi connectivity index (χ2n) is 9.65. The molecule has 0 saturated carbocycles. The lowest BCUT2D eigenvalue weighted by molar-refractivity contribution is -0.159. The molecule has 1 unspecified atom stereocenters. The number of rotatable bonds is 3. The van der Waals surface area contributed by atoms with E-state index in [2.05, 4.69) is 25.8 Å². The number of alkyl halides is 1. The molecule has 16 heteroatoms. The molecular weight excluding hydrogens is 507 g/mol. The van der Waals surface area contributed by atoms with Crippen LogP contribution in [-0.2, 0) is 25.5 Å². The van der Waals surface area contributed by atoms with Crippen molar-refractivity contribution in [1.82, 2.24) is 15.8 Å². The Morgan fingerprint density at radius 3 is 2.66 bits per heavy atom. The minimum Gasteiger partial charge on any atom is -0.447 e. The first-order valence-corrected chi connectivity index (χ1v) is 11.8. The number of barbiturate groups is 1. The van der Waals surface area contributed by atoms with Gasteiger partial charge in [0.1, 0.15) is 12.7 Å². The van der Waals surface area contributed by atoms with Crippen molar-refractivity contribution in [2.45, 2.75) is 50.9 Å². The lowest BCUT2D eigenvalue weighted by Crippen LogP contribution is -2.76. The number of carbonyl (C=O) groups is 4. The van der Waals surface area contributed by atoms with Gasteiger partial charge in [0.05, 0.1) is 30.1 Å². The zero-order valence-corrected chi connectivity index (χ0v) is 20.1. The van der Waals surface area contributed by atoms with Gasteiger partial charge in [0.15, 0.2) is 23.1 Å². The summed E-state index contributed by atoms with van der Waals surface area (Å²) >= 11 is 0. The maximum Gasteiger partial charge on any atom is 0.416 e. The Hall–Kier alpha value is -4.43. The molecule has 4 aliphatic rings. The van der Waals surface area contributed by atoms with Crippen molar-refractivity contribution in [2.75, 3.05) is 23.0 Å². The molecule has 2 N–H and O–H groups in total. The average molecular weight is 528 g/mol. The molecule has 3 fully saturated rings. The molecular formula is C22H21FN8O7. The fraction of sp³-hybridized carbons (Fsp3) is 0.500. The van der Waals surface area contributed by atoms with Gasteiger partial charge in [0.2, 0.25) is 11.8 Å². The number of cyclic esters (lactones) is 1. The van der Waals surface area contributed by atoms with Crippen LogP contribution in [0.25, 0.3) is 21.4 Å². The van der Waals surface area contributed by atoms with Gasteiger partial charge in [-0.25, -0.2) is 14.0 Å². The number of morpholine rings is 1. The Morgan fingerprint density at radius 1 is 1.21 bits per heavy atom. The van der Waals surface area contributed by atoms with Crippen LogP contribution >= 0.6 is 0 Å². The molecule has 198 valence electrons. The molecule has 1 aromatic heterocycles. The van der Waals surface area contributed by atoms with Crippen LogP contribution in [0.4, 0.5) is 25.5 Å². The Morgan fingerprint density at radius 2 is 1.95 bits per heavy atom. The fourth-order valence-electron chi connectivity index (χ4n) is 5.95.